The second-order valence-corrected chi connectivity index (χ2v) is 7.24. The molecular formula is C16H24Cl2IN5S. The topological polar surface area (TPSA) is 54.2 Å². The highest BCUT2D eigenvalue weighted by molar-refractivity contribution is 14.0. The van der Waals surface area contributed by atoms with Gasteiger partial charge < -0.3 is 15.2 Å². The van der Waals surface area contributed by atoms with E-state index in [9.17, 15) is 0 Å². The number of aliphatic imine (C=N–C) groups is 1. The Morgan fingerprint density at radius 1 is 1.32 bits per heavy atom. The molecule has 2 N–H and O–H groups in total. The first-order chi connectivity index (χ1) is 11.5. The Balaban J connectivity index is 0.00000312. The van der Waals surface area contributed by atoms with E-state index in [4.69, 9.17) is 23.2 Å². The molecule has 0 aliphatic heterocycles. The van der Waals surface area contributed by atoms with Gasteiger partial charge in [0.15, 0.2) is 5.96 Å². The van der Waals surface area contributed by atoms with E-state index in [1.165, 1.54) is 4.88 Å². The minimum absolute atomic E-state index is 0. The molecule has 0 unspecified atom stereocenters. The molecule has 5 nitrogen and oxygen atoms in total. The highest BCUT2D eigenvalue weighted by Gasteiger charge is 2.08. The Morgan fingerprint density at radius 2 is 2.08 bits per heavy atom. The van der Waals surface area contributed by atoms with E-state index in [0.717, 1.165) is 42.6 Å². The van der Waals surface area contributed by atoms with E-state index in [-0.39, 0.29) is 24.0 Å². The summed E-state index contributed by atoms with van der Waals surface area (Å²) in [4.78, 5) is 10.3. The largest absolute Gasteiger partial charge is 0.357 e. The summed E-state index contributed by atoms with van der Waals surface area (Å²) in [6.45, 7) is 6.29. The minimum Gasteiger partial charge on any atom is -0.357 e. The molecule has 9 heteroatoms. The van der Waals surface area contributed by atoms with Crippen LogP contribution in [0.3, 0.4) is 0 Å². The van der Waals surface area contributed by atoms with Crippen LogP contribution in [0.5, 0.6) is 0 Å². The first kappa shape index (κ1) is 22.5. The van der Waals surface area contributed by atoms with E-state index < -0.39 is 0 Å². The standard InChI is InChI=1S/C16H23Cl2N5S.HI/c1-4-12-10-21-14(24-12)6-7-20-16(19-5-2)22-9-11-8-13(17)15(18)23(11)3;/h8,10H,4-7,9H2,1-3H3,(H2,19,20,22);1H. The van der Waals surface area contributed by atoms with Crippen molar-refractivity contribution in [2.45, 2.75) is 33.2 Å². The Bertz CT molecular complexity index is 699. The van der Waals surface area contributed by atoms with Gasteiger partial charge in [0.2, 0.25) is 0 Å². The Morgan fingerprint density at radius 3 is 2.64 bits per heavy atom. The molecule has 0 fully saturated rings. The molecule has 0 amide bonds. The van der Waals surface area contributed by atoms with Gasteiger partial charge in [-0.05, 0) is 19.4 Å². The van der Waals surface area contributed by atoms with Gasteiger partial charge in [-0.15, -0.1) is 35.3 Å². The summed E-state index contributed by atoms with van der Waals surface area (Å²) in [5, 5.41) is 8.82. The fourth-order valence-corrected chi connectivity index (χ4v) is 3.44. The van der Waals surface area contributed by atoms with Gasteiger partial charge in [-0.25, -0.2) is 9.98 Å². The van der Waals surface area contributed by atoms with Gasteiger partial charge in [0, 0.05) is 43.3 Å². The summed E-state index contributed by atoms with van der Waals surface area (Å²) in [6, 6.07) is 1.85. The zero-order valence-corrected chi connectivity index (χ0v) is 19.3. The van der Waals surface area contributed by atoms with E-state index in [0.29, 0.717) is 16.7 Å². The molecular weight excluding hydrogens is 492 g/mol. The van der Waals surface area contributed by atoms with Gasteiger partial charge in [-0.1, -0.05) is 30.1 Å². The lowest BCUT2D eigenvalue weighted by molar-refractivity contribution is 0.778. The average Bonchev–Trinajstić information content (AvgIpc) is 3.13. The lowest BCUT2D eigenvalue weighted by Crippen LogP contribution is -2.38. The second-order valence-electron chi connectivity index (χ2n) is 5.28. The van der Waals surface area contributed by atoms with Gasteiger partial charge in [-0.3, -0.25) is 0 Å². The quantitative estimate of drug-likeness (QED) is 0.329. The van der Waals surface area contributed by atoms with Gasteiger partial charge >= 0.3 is 0 Å². The van der Waals surface area contributed by atoms with Crippen LogP contribution < -0.4 is 10.6 Å². The number of nitrogens with one attached hydrogen (secondary N) is 2. The van der Waals surface area contributed by atoms with Crippen LogP contribution in [0.4, 0.5) is 0 Å². The summed E-state index contributed by atoms with van der Waals surface area (Å²) in [6.07, 6.45) is 3.88. The van der Waals surface area contributed by atoms with Crippen molar-refractivity contribution in [3.05, 3.63) is 38.0 Å². The molecule has 0 bridgehead atoms. The van der Waals surface area contributed by atoms with E-state index in [1.54, 1.807) is 11.3 Å². The third-order valence-corrected chi connectivity index (χ3v) is 5.58. The molecule has 0 atom stereocenters. The zero-order valence-electron chi connectivity index (χ0n) is 14.6. The number of hydrogen-bond acceptors (Lipinski definition) is 3. The molecule has 0 saturated heterocycles. The molecule has 0 radical (unpaired) electrons. The molecule has 2 heterocycles. The first-order valence-corrected chi connectivity index (χ1v) is 9.57. The van der Waals surface area contributed by atoms with Crippen LogP contribution in [0.1, 0.15) is 29.4 Å². The Hall–Kier alpha value is -0.510. The minimum atomic E-state index is 0. The zero-order chi connectivity index (χ0) is 17.5. The number of hydrogen-bond donors (Lipinski definition) is 2. The van der Waals surface area contributed by atoms with Crippen LogP contribution in [0.15, 0.2) is 17.3 Å². The maximum Gasteiger partial charge on any atom is 0.191 e. The van der Waals surface area contributed by atoms with Crippen LogP contribution in [0.2, 0.25) is 10.2 Å². The summed E-state index contributed by atoms with van der Waals surface area (Å²) in [5.41, 5.74) is 0.967. The van der Waals surface area contributed by atoms with Crippen molar-refractivity contribution in [2.75, 3.05) is 13.1 Å². The molecule has 0 spiro atoms. The molecule has 2 rings (SSSR count). The molecule has 25 heavy (non-hydrogen) atoms. The smallest absolute Gasteiger partial charge is 0.191 e. The van der Waals surface area contributed by atoms with Crippen molar-refractivity contribution in [2.24, 2.45) is 12.0 Å². The van der Waals surface area contributed by atoms with Crippen LogP contribution >= 0.6 is 58.5 Å². The van der Waals surface area contributed by atoms with Gasteiger partial charge in [0.05, 0.1) is 16.6 Å². The SMILES string of the molecule is CCNC(=NCc1cc(Cl)c(Cl)n1C)NCCc1ncc(CC)s1.I. The summed E-state index contributed by atoms with van der Waals surface area (Å²) >= 11 is 13.9. The molecule has 2 aromatic heterocycles. The molecule has 2 aromatic rings. The highest BCUT2D eigenvalue weighted by atomic mass is 127. The third-order valence-electron chi connectivity index (χ3n) is 3.54. The predicted octanol–water partition coefficient (Wildman–Crippen LogP) is 4.27. The Kier molecular flexibility index (Phi) is 10.1. The van der Waals surface area contributed by atoms with Crippen LogP contribution in [-0.2, 0) is 26.4 Å². The number of rotatable bonds is 7. The van der Waals surface area contributed by atoms with Gasteiger partial charge in [0.25, 0.3) is 0 Å². The maximum absolute atomic E-state index is 6.09. The van der Waals surface area contributed by atoms with Crippen molar-refractivity contribution in [1.29, 1.82) is 0 Å². The summed E-state index contributed by atoms with van der Waals surface area (Å²) in [7, 11) is 1.88. The average molecular weight is 516 g/mol. The normalized spacial score (nSPS) is 11.3. The van der Waals surface area contributed by atoms with Crippen molar-refractivity contribution < 1.29 is 0 Å². The monoisotopic (exact) mass is 515 g/mol. The molecule has 0 aliphatic rings. The third kappa shape index (κ3) is 6.62. The van der Waals surface area contributed by atoms with E-state index in [2.05, 4.69) is 27.5 Å². The van der Waals surface area contributed by atoms with Gasteiger partial charge in [-0.2, -0.15) is 0 Å². The van der Waals surface area contributed by atoms with Crippen molar-refractivity contribution in [1.82, 2.24) is 20.2 Å². The number of aryl methyl sites for hydroxylation is 1. The van der Waals surface area contributed by atoms with Crippen molar-refractivity contribution in [3.8, 4) is 0 Å². The van der Waals surface area contributed by atoms with Crippen molar-refractivity contribution >= 4 is 64.5 Å². The highest BCUT2D eigenvalue weighted by Crippen LogP contribution is 2.25. The van der Waals surface area contributed by atoms with E-state index in [1.807, 2.05) is 30.8 Å². The molecule has 0 aromatic carbocycles. The summed E-state index contributed by atoms with van der Waals surface area (Å²) in [5.74, 6) is 0.776. The maximum atomic E-state index is 6.09. The fourth-order valence-electron chi connectivity index (χ4n) is 2.16. The van der Waals surface area contributed by atoms with Gasteiger partial charge in [0.1, 0.15) is 5.15 Å². The Labute approximate surface area is 180 Å². The van der Waals surface area contributed by atoms with Crippen LogP contribution in [-0.4, -0.2) is 28.6 Å². The molecule has 140 valence electrons. The number of thiazole rings is 1. The lowest BCUT2D eigenvalue weighted by atomic mass is 10.4. The second kappa shape index (κ2) is 11.3. The van der Waals surface area contributed by atoms with Crippen LogP contribution in [0.25, 0.3) is 0 Å². The fraction of sp³-hybridized carbons (Fsp3) is 0.500. The first-order valence-electron chi connectivity index (χ1n) is 8.00. The molecule has 0 aliphatic carbocycles. The summed E-state index contributed by atoms with van der Waals surface area (Å²) < 4.78 is 1.85. The number of nitrogens with zero attached hydrogens (tertiary/aromatic N) is 3. The van der Waals surface area contributed by atoms with Crippen LogP contribution in [0, 0.1) is 0 Å². The molecule has 0 saturated carbocycles. The number of aromatic nitrogens is 2. The predicted molar refractivity (Wildman–Crippen MR) is 119 cm³/mol. The number of guanidine groups is 1. The van der Waals surface area contributed by atoms with E-state index >= 15 is 0 Å². The number of halogens is 3. The lowest BCUT2D eigenvalue weighted by Gasteiger charge is -2.11. The van der Waals surface area contributed by atoms with Crippen molar-refractivity contribution in [3.63, 3.8) is 0 Å².